The fourth-order valence-corrected chi connectivity index (χ4v) is 5.57. The Balaban J connectivity index is 1.28. The molecule has 0 amide bonds. The lowest BCUT2D eigenvalue weighted by Gasteiger charge is -2.16. The Morgan fingerprint density at radius 2 is 1.89 bits per heavy atom. The maximum atomic E-state index is 15.6. The fourth-order valence-electron chi connectivity index (χ4n) is 5.41. The van der Waals surface area contributed by atoms with Crippen LogP contribution in [0.1, 0.15) is 46.6 Å². The summed E-state index contributed by atoms with van der Waals surface area (Å²) in [6.07, 6.45) is 1.99. The van der Waals surface area contributed by atoms with Crippen LogP contribution in [-0.2, 0) is 19.6 Å². The van der Waals surface area contributed by atoms with E-state index in [-0.39, 0.29) is 46.7 Å². The highest BCUT2D eigenvalue weighted by molar-refractivity contribution is 6.30. The normalized spacial score (nSPS) is 13.4. The van der Waals surface area contributed by atoms with Gasteiger partial charge in [-0.05, 0) is 66.9 Å². The number of nitriles is 1. The lowest BCUT2D eigenvalue weighted by atomic mass is 10.0. The van der Waals surface area contributed by atoms with Gasteiger partial charge in [0.25, 0.3) is 0 Å². The number of nitrogens with zero attached hydrogens (tertiary/aromatic N) is 4. The van der Waals surface area contributed by atoms with Crippen molar-refractivity contribution in [3.8, 4) is 29.0 Å². The van der Waals surface area contributed by atoms with Crippen molar-refractivity contribution in [3.63, 3.8) is 0 Å². The molecule has 0 bridgehead atoms. The minimum Gasteiger partial charge on any atom is -0.496 e. The number of carboxylic acid groups (broad SMARTS) is 1. The van der Waals surface area contributed by atoms with Gasteiger partial charge in [0.1, 0.15) is 29.8 Å². The number of hydrogen-bond donors (Lipinski definition) is 1. The summed E-state index contributed by atoms with van der Waals surface area (Å²) in [6.45, 7) is 0.549. The van der Waals surface area contributed by atoms with Gasteiger partial charge in [-0.25, -0.2) is 23.5 Å². The minimum absolute atomic E-state index is 0.0312. The van der Waals surface area contributed by atoms with Crippen molar-refractivity contribution in [3.05, 3.63) is 106 Å². The fraction of sp³-hybridized carbons (Fsp3) is 0.235. The molecular formula is C34H27ClF2N4O4. The number of fused-ring (bicyclic) bond motifs is 1. The number of imidazole rings is 1. The van der Waals surface area contributed by atoms with E-state index < -0.39 is 17.6 Å². The van der Waals surface area contributed by atoms with Crippen LogP contribution >= 0.6 is 11.6 Å². The number of ether oxygens (including phenoxy) is 2. The van der Waals surface area contributed by atoms with E-state index in [0.29, 0.717) is 40.6 Å². The Labute approximate surface area is 262 Å². The third-order valence-corrected chi connectivity index (χ3v) is 8.32. The summed E-state index contributed by atoms with van der Waals surface area (Å²) in [5.74, 6) is -1.18. The number of hydrogen-bond acceptors (Lipinski definition) is 6. The van der Waals surface area contributed by atoms with Gasteiger partial charge in [0.05, 0.1) is 35.5 Å². The molecule has 0 spiro atoms. The van der Waals surface area contributed by atoms with Crippen LogP contribution in [0.15, 0.2) is 66.7 Å². The number of rotatable bonds is 11. The third-order valence-electron chi connectivity index (χ3n) is 8.09. The van der Waals surface area contributed by atoms with E-state index in [0.717, 1.165) is 30.5 Å². The first kappa shape index (κ1) is 30.0. The monoisotopic (exact) mass is 628 g/mol. The van der Waals surface area contributed by atoms with Crippen molar-refractivity contribution < 1.29 is 28.2 Å². The molecule has 11 heteroatoms. The van der Waals surface area contributed by atoms with Gasteiger partial charge in [-0.2, -0.15) is 5.26 Å². The molecule has 0 atom stereocenters. The van der Waals surface area contributed by atoms with Crippen LogP contribution in [-0.4, -0.2) is 32.7 Å². The highest BCUT2D eigenvalue weighted by Crippen LogP contribution is 2.50. The van der Waals surface area contributed by atoms with Crippen LogP contribution in [0.5, 0.6) is 11.6 Å². The van der Waals surface area contributed by atoms with Crippen molar-refractivity contribution in [2.24, 2.45) is 5.41 Å². The molecule has 2 heterocycles. The summed E-state index contributed by atoms with van der Waals surface area (Å²) in [5, 5.41) is 19.4. The molecule has 1 aliphatic rings. The average Bonchev–Trinajstić information content (AvgIpc) is 3.71. The second kappa shape index (κ2) is 12.2. The zero-order valence-corrected chi connectivity index (χ0v) is 24.9. The summed E-state index contributed by atoms with van der Waals surface area (Å²) in [5.41, 5.74) is 1.94. The molecule has 1 N–H and O–H groups in total. The molecule has 5 aromatic rings. The van der Waals surface area contributed by atoms with Crippen LogP contribution in [0.4, 0.5) is 8.78 Å². The standard InChI is InChI=1S/C34H27ClF2N4O4/c1-44-30-16-23(35)7-5-21(30)18-45-32-4-2-3-27(40-32)24-17-25(36)22(13-26(24)37)15-31-39-28-8-6-20(33(42)43)14-29(28)41(31)19-34(9-10-34)11-12-38/h2-8,13-14,16-17H,9-11,15,18-19H2,1H3,(H,42,43). The highest BCUT2D eigenvalue weighted by Gasteiger charge is 2.43. The van der Waals surface area contributed by atoms with E-state index in [1.165, 1.54) is 19.2 Å². The molecular weight excluding hydrogens is 602 g/mol. The second-order valence-electron chi connectivity index (χ2n) is 11.2. The smallest absolute Gasteiger partial charge is 0.335 e. The van der Waals surface area contributed by atoms with E-state index >= 15 is 8.78 Å². The zero-order valence-electron chi connectivity index (χ0n) is 24.2. The minimum atomic E-state index is -1.08. The first-order valence-corrected chi connectivity index (χ1v) is 14.6. The van der Waals surface area contributed by atoms with E-state index in [2.05, 4.69) is 16.0 Å². The molecule has 45 heavy (non-hydrogen) atoms. The lowest BCUT2D eigenvalue weighted by molar-refractivity contribution is 0.0697. The highest BCUT2D eigenvalue weighted by atomic mass is 35.5. The zero-order chi connectivity index (χ0) is 31.7. The van der Waals surface area contributed by atoms with Gasteiger partial charge in [0.2, 0.25) is 5.88 Å². The summed E-state index contributed by atoms with van der Waals surface area (Å²) in [4.78, 5) is 20.7. The number of benzene rings is 3. The molecule has 1 saturated carbocycles. The summed E-state index contributed by atoms with van der Waals surface area (Å²) in [7, 11) is 1.53. The Morgan fingerprint density at radius 1 is 1.07 bits per heavy atom. The van der Waals surface area contributed by atoms with Gasteiger partial charge >= 0.3 is 5.97 Å². The van der Waals surface area contributed by atoms with Gasteiger partial charge in [-0.1, -0.05) is 23.7 Å². The Bertz CT molecular complexity index is 1980. The lowest BCUT2D eigenvalue weighted by Crippen LogP contribution is -2.15. The second-order valence-corrected chi connectivity index (χ2v) is 11.6. The van der Waals surface area contributed by atoms with Gasteiger partial charge < -0.3 is 19.1 Å². The van der Waals surface area contributed by atoms with E-state index in [1.807, 2.05) is 4.57 Å². The molecule has 1 fully saturated rings. The Morgan fingerprint density at radius 3 is 2.62 bits per heavy atom. The molecule has 0 radical (unpaired) electrons. The van der Waals surface area contributed by atoms with Gasteiger partial charge in [0, 0.05) is 47.0 Å². The van der Waals surface area contributed by atoms with Crippen molar-refractivity contribution in [1.82, 2.24) is 14.5 Å². The number of aromatic carboxylic acids is 1. The van der Waals surface area contributed by atoms with Crippen molar-refractivity contribution in [2.75, 3.05) is 7.11 Å². The predicted molar refractivity (Wildman–Crippen MR) is 163 cm³/mol. The number of carboxylic acids is 1. The van der Waals surface area contributed by atoms with Crippen LogP contribution in [0, 0.1) is 28.4 Å². The van der Waals surface area contributed by atoms with Crippen LogP contribution in [0.3, 0.4) is 0 Å². The predicted octanol–water partition coefficient (Wildman–Crippen LogP) is 7.60. The molecule has 6 rings (SSSR count). The number of pyridine rings is 1. The summed E-state index contributed by atoms with van der Waals surface area (Å²) in [6, 6.07) is 19.0. The summed E-state index contributed by atoms with van der Waals surface area (Å²) < 4.78 is 44.2. The molecule has 0 aliphatic heterocycles. The molecule has 2 aromatic heterocycles. The quantitative estimate of drug-likeness (QED) is 0.160. The van der Waals surface area contributed by atoms with E-state index in [4.69, 9.17) is 21.1 Å². The van der Waals surface area contributed by atoms with Gasteiger partial charge in [-0.15, -0.1) is 0 Å². The molecule has 8 nitrogen and oxygen atoms in total. The first-order valence-electron chi connectivity index (χ1n) is 14.2. The Hall–Kier alpha value is -5.01. The van der Waals surface area contributed by atoms with Crippen molar-refractivity contribution in [2.45, 2.75) is 38.8 Å². The van der Waals surface area contributed by atoms with Crippen molar-refractivity contribution >= 4 is 28.6 Å². The SMILES string of the molecule is COc1cc(Cl)ccc1COc1cccc(-c2cc(F)c(Cc3nc4ccc(C(=O)O)cc4n3CC3(CC#N)CC3)cc2F)n1. The maximum absolute atomic E-state index is 15.6. The number of halogens is 3. The number of carbonyl (C=O) groups is 1. The van der Waals surface area contributed by atoms with Crippen LogP contribution < -0.4 is 9.47 Å². The van der Waals surface area contributed by atoms with E-state index in [1.54, 1.807) is 42.5 Å². The third kappa shape index (κ3) is 6.30. The molecule has 228 valence electrons. The number of aromatic nitrogens is 3. The topological polar surface area (TPSA) is 110 Å². The molecule has 3 aromatic carbocycles. The molecule has 1 aliphatic carbocycles. The van der Waals surface area contributed by atoms with Gasteiger partial charge in [-0.3, -0.25) is 0 Å². The first-order chi connectivity index (χ1) is 21.7. The maximum Gasteiger partial charge on any atom is 0.335 e. The average molecular weight is 629 g/mol. The van der Waals surface area contributed by atoms with Crippen LogP contribution in [0.25, 0.3) is 22.3 Å². The molecule has 0 saturated heterocycles. The Kier molecular flexibility index (Phi) is 8.12. The van der Waals surface area contributed by atoms with E-state index in [9.17, 15) is 15.2 Å². The van der Waals surface area contributed by atoms with Crippen molar-refractivity contribution in [1.29, 1.82) is 5.26 Å². The number of methoxy groups -OCH3 is 1. The van der Waals surface area contributed by atoms with Gasteiger partial charge in [0.15, 0.2) is 0 Å². The summed E-state index contributed by atoms with van der Waals surface area (Å²) >= 11 is 6.03. The molecule has 0 unspecified atom stereocenters. The largest absolute Gasteiger partial charge is 0.496 e. The van der Waals surface area contributed by atoms with Crippen LogP contribution in [0.2, 0.25) is 5.02 Å².